The average molecular weight is 309 g/mol. The molecular weight excluding hydrogens is 294 g/mol. The van der Waals surface area contributed by atoms with Crippen LogP contribution in [0.2, 0.25) is 0 Å². The largest absolute Gasteiger partial charge is 0.384 e. The predicted octanol–water partition coefficient (Wildman–Crippen LogP) is 5.32. The van der Waals surface area contributed by atoms with Gasteiger partial charge in [0.1, 0.15) is 0 Å². The summed E-state index contributed by atoms with van der Waals surface area (Å²) in [5.74, 6) is -1.38. The standard InChI is InChI=1S/C17H15ClF2O/c1-2-3-12-4-6-13(7-5-12)14-8-10-15(11-9-14)16(21)17(18,19)20/h4-11H,2-3H2,1H3. The molecule has 0 aliphatic heterocycles. The number of hydrogen-bond acceptors (Lipinski definition) is 1. The first-order valence-corrected chi connectivity index (χ1v) is 7.10. The van der Waals surface area contributed by atoms with Crippen LogP contribution in [0.25, 0.3) is 11.1 Å². The zero-order valence-electron chi connectivity index (χ0n) is 11.6. The second-order valence-corrected chi connectivity index (χ2v) is 5.33. The van der Waals surface area contributed by atoms with Crippen molar-refractivity contribution in [1.82, 2.24) is 0 Å². The Bertz CT molecular complexity index is 613. The van der Waals surface area contributed by atoms with Gasteiger partial charge in [-0.2, -0.15) is 8.78 Å². The third-order valence-corrected chi connectivity index (χ3v) is 3.40. The fraction of sp³-hybridized carbons (Fsp3) is 0.235. The molecule has 0 N–H and O–H groups in total. The summed E-state index contributed by atoms with van der Waals surface area (Å²) in [6.45, 7) is 2.12. The van der Waals surface area contributed by atoms with E-state index < -0.39 is 11.2 Å². The number of Topliss-reactive ketones (excluding diaryl/α,β-unsaturated/α-hetero) is 1. The minimum absolute atomic E-state index is 0.0960. The highest BCUT2D eigenvalue weighted by molar-refractivity contribution is 6.35. The zero-order chi connectivity index (χ0) is 15.5. The van der Waals surface area contributed by atoms with E-state index in [1.54, 1.807) is 12.1 Å². The summed E-state index contributed by atoms with van der Waals surface area (Å²) in [6.07, 6.45) is 2.11. The molecule has 0 aliphatic rings. The van der Waals surface area contributed by atoms with E-state index in [4.69, 9.17) is 11.6 Å². The maximum absolute atomic E-state index is 12.8. The molecule has 2 aromatic carbocycles. The molecule has 0 fully saturated rings. The number of carbonyl (C=O) groups excluding carboxylic acids is 1. The van der Waals surface area contributed by atoms with Crippen LogP contribution in [0, 0.1) is 0 Å². The Hall–Kier alpha value is -1.74. The van der Waals surface area contributed by atoms with Crippen LogP contribution < -0.4 is 0 Å². The van der Waals surface area contributed by atoms with Gasteiger partial charge in [-0.15, -0.1) is 0 Å². The summed E-state index contributed by atoms with van der Waals surface area (Å²) in [6, 6.07) is 14.1. The van der Waals surface area contributed by atoms with Gasteiger partial charge in [-0.3, -0.25) is 4.79 Å². The van der Waals surface area contributed by atoms with Gasteiger partial charge in [-0.1, -0.05) is 61.9 Å². The van der Waals surface area contributed by atoms with E-state index in [1.165, 1.54) is 17.7 Å². The first-order chi connectivity index (χ1) is 9.91. The fourth-order valence-corrected chi connectivity index (χ4v) is 2.24. The number of rotatable bonds is 5. The van der Waals surface area contributed by atoms with Crippen molar-refractivity contribution < 1.29 is 13.6 Å². The molecule has 2 aromatic rings. The van der Waals surface area contributed by atoms with Crippen LogP contribution in [-0.2, 0) is 6.42 Å². The molecule has 0 radical (unpaired) electrons. The van der Waals surface area contributed by atoms with Gasteiger partial charge in [0, 0.05) is 5.56 Å². The van der Waals surface area contributed by atoms with E-state index in [0.29, 0.717) is 0 Å². The minimum Gasteiger partial charge on any atom is -0.286 e. The van der Waals surface area contributed by atoms with Crippen molar-refractivity contribution >= 4 is 17.4 Å². The quantitative estimate of drug-likeness (QED) is 0.539. The smallest absolute Gasteiger partial charge is 0.286 e. The first-order valence-electron chi connectivity index (χ1n) is 6.72. The van der Waals surface area contributed by atoms with E-state index in [-0.39, 0.29) is 5.56 Å². The molecule has 0 saturated heterocycles. The number of alkyl halides is 3. The summed E-state index contributed by atoms with van der Waals surface area (Å²) in [7, 11) is 0. The molecule has 4 heteroatoms. The van der Waals surface area contributed by atoms with Crippen LogP contribution in [0.15, 0.2) is 48.5 Å². The molecule has 21 heavy (non-hydrogen) atoms. The molecule has 0 heterocycles. The lowest BCUT2D eigenvalue weighted by Crippen LogP contribution is -2.21. The Labute approximate surface area is 127 Å². The van der Waals surface area contributed by atoms with E-state index in [2.05, 4.69) is 6.92 Å². The van der Waals surface area contributed by atoms with Crippen molar-refractivity contribution in [3.8, 4) is 11.1 Å². The van der Waals surface area contributed by atoms with Crippen molar-refractivity contribution in [2.24, 2.45) is 0 Å². The van der Waals surface area contributed by atoms with Crippen LogP contribution >= 0.6 is 11.6 Å². The van der Waals surface area contributed by atoms with E-state index in [1.807, 2.05) is 24.3 Å². The predicted molar refractivity (Wildman–Crippen MR) is 81.0 cm³/mol. The molecule has 0 aliphatic carbocycles. The molecule has 0 saturated carbocycles. The molecule has 0 spiro atoms. The fourth-order valence-electron chi connectivity index (χ4n) is 2.13. The second-order valence-electron chi connectivity index (χ2n) is 4.85. The Morgan fingerprint density at radius 3 is 1.90 bits per heavy atom. The molecule has 0 bridgehead atoms. The van der Waals surface area contributed by atoms with E-state index in [0.717, 1.165) is 24.0 Å². The van der Waals surface area contributed by atoms with Crippen LogP contribution in [0.4, 0.5) is 8.78 Å². The monoisotopic (exact) mass is 308 g/mol. The average Bonchev–Trinajstić information content (AvgIpc) is 2.47. The van der Waals surface area contributed by atoms with Gasteiger partial charge in [-0.25, -0.2) is 0 Å². The topological polar surface area (TPSA) is 17.1 Å². The third kappa shape index (κ3) is 3.88. The number of aryl methyl sites for hydroxylation is 1. The molecule has 0 unspecified atom stereocenters. The first kappa shape index (κ1) is 15.6. The minimum atomic E-state index is -3.86. The lowest BCUT2D eigenvalue weighted by Gasteiger charge is -2.08. The number of halogens is 3. The van der Waals surface area contributed by atoms with Gasteiger partial charge >= 0.3 is 5.38 Å². The van der Waals surface area contributed by atoms with Gasteiger partial charge < -0.3 is 0 Å². The van der Waals surface area contributed by atoms with Crippen LogP contribution in [-0.4, -0.2) is 11.2 Å². The molecule has 0 atom stereocenters. The summed E-state index contributed by atoms with van der Waals surface area (Å²) in [5.41, 5.74) is 3.01. The van der Waals surface area contributed by atoms with Crippen molar-refractivity contribution in [1.29, 1.82) is 0 Å². The van der Waals surface area contributed by atoms with E-state index >= 15 is 0 Å². The summed E-state index contributed by atoms with van der Waals surface area (Å²) in [4.78, 5) is 11.3. The lowest BCUT2D eigenvalue weighted by atomic mass is 10.0. The van der Waals surface area contributed by atoms with Crippen molar-refractivity contribution in [3.05, 3.63) is 59.7 Å². The number of hydrogen-bond donors (Lipinski definition) is 0. The Balaban J connectivity index is 2.21. The SMILES string of the molecule is CCCc1ccc(-c2ccc(C(=O)C(F)(F)Cl)cc2)cc1. The van der Waals surface area contributed by atoms with Crippen molar-refractivity contribution in [3.63, 3.8) is 0 Å². The molecule has 0 aromatic heterocycles. The number of ketones is 1. The van der Waals surface area contributed by atoms with Gasteiger partial charge in [0.2, 0.25) is 5.78 Å². The highest BCUT2D eigenvalue weighted by Gasteiger charge is 2.36. The Kier molecular flexibility index (Phi) is 4.73. The Morgan fingerprint density at radius 1 is 1.00 bits per heavy atom. The van der Waals surface area contributed by atoms with Gasteiger partial charge in [0.15, 0.2) is 0 Å². The van der Waals surface area contributed by atoms with Gasteiger partial charge in [-0.05, 0) is 34.7 Å². The molecule has 0 amide bonds. The van der Waals surface area contributed by atoms with Crippen LogP contribution in [0.5, 0.6) is 0 Å². The van der Waals surface area contributed by atoms with E-state index in [9.17, 15) is 13.6 Å². The molecule has 1 nitrogen and oxygen atoms in total. The molecule has 2 rings (SSSR count). The normalized spacial score (nSPS) is 11.4. The lowest BCUT2D eigenvalue weighted by molar-refractivity contribution is 0.0536. The number of carbonyl (C=O) groups is 1. The maximum atomic E-state index is 12.8. The maximum Gasteiger partial charge on any atom is 0.384 e. The third-order valence-electron chi connectivity index (χ3n) is 3.23. The summed E-state index contributed by atoms with van der Waals surface area (Å²) < 4.78 is 25.5. The zero-order valence-corrected chi connectivity index (χ0v) is 12.3. The van der Waals surface area contributed by atoms with Gasteiger partial charge in [0.05, 0.1) is 0 Å². The Morgan fingerprint density at radius 2 is 1.48 bits per heavy atom. The number of benzene rings is 2. The summed E-state index contributed by atoms with van der Waals surface area (Å²) >= 11 is 4.74. The van der Waals surface area contributed by atoms with Gasteiger partial charge in [0.25, 0.3) is 0 Å². The van der Waals surface area contributed by atoms with Crippen molar-refractivity contribution in [2.45, 2.75) is 25.1 Å². The summed E-state index contributed by atoms with van der Waals surface area (Å²) in [5, 5.41) is -3.86. The molecule has 110 valence electrons. The van der Waals surface area contributed by atoms with Crippen LogP contribution in [0.3, 0.4) is 0 Å². The van der Waals surface area contributed by atoms with Crippen LogP contribution in [0.1, 0.15) is 29.3 Å². The highest BCUT2D eigenvalue weighted by Crippen LogP contribution is 2.26. The highest BCUT2D eigenvalue weighted by atomic mass is 35.5. The van der Waals surface area contributed by atoms with Crippen molar-refractivity contribution in [2.75, 3.05) is 0 Å². The second kappa shape index (κ2) is 6.35. The molecular formula is C17H15ClF2O.